The minimum atomic E-state index is -0.993. The Bertz CT molecular complexity index is 455. The first kappa shape index (κ1) is 13.0. The number of aromatic nitrogens is 2. The zero-order valence-corrected chi connectivity index (χ0v) is 9.80. The molecule has 1 rings (SSSR count). The number of nitrogens with two attached hydrogens (primary N) is 1. The van der Waals surface area contributed by atoms with E-state index in [1.807, 2.05) is 13.8 Å². The third-order valence-electron chi connectivity index (χ3n) is 2.08. The van der Waals surface area contributed by atoms with E-state index in [-0.39, 0.29) is 24.0 Å². The molecule has 1 heterocycles. The highest BCUT2D eigenvalue weighted by atomic mass is 16.4. The lowest BCUT2D eigenvalue weighted by molar-refractivity contribution is -0.135. The summed E-state index contributed by atoms with van der Waals surface area (Å²) < 4.78 is 0. The SMILES string of the molecule is CC(C)CN(CC(=O)O)c1nc[nH]c(=O)c1N. The van der Waals surface area contributed by atoms with Crippen molar-refractivity contribution in [3.05, 3.63) is 16.7 Å². The van der Waals surface area contributed by atoms with Gasteiger partial charge in [-0.25, -0.2) is 4.98 Å². The standard InChI is InChI=1S/C10H16N4O3/c1-6(2)3-14(4-7(15)16)9-8(11)10(17)13-5-12-9/h5-6H,3-4,11H2,1-2H3,(H,15,16)(H,12,13,17). The second-order valence-corrected chi connectivity index (χ2v) is 4.14. The second kappa shape index (κ2) is 5.33. The van der Waals surface area contributed by atoms with Crippen molar-refractivity contribution in [3.8, 4) is 0 Å². The van der Waals surface area contributed by atoms with Crippen LogP contribution < -0.4 is 16.2 Å². The molecule has 94 valence electrons. The fourth-order valence-corrected chi connectivity index (χ4v) is 1.48. The number of carbonyl (C=O) groups is 1. The Labute approximate surface area is 98.3 Å². The van der Waals surface area contributed by atoms with Crippen LogP contribution in [0.4, 0.5) is 11.5 Å². The molecule has 0 atom stereocenters. The van der Waals surface area contributed by atoms with E-state index in [4.69, 9.17) is 10.8 Å². The number of aromatic amines is 1. The van der Waals surface area contributed by atoms with E-state index in [0.29, 0.717) is 6.54 Å². The van der Waals surface area contributed by atoms with Crippen molar-refractivity contribution in [2.24, 2.45) is 5.92 Å². The average molecular weight is 240 g/mol. The van der Waals surface area contributed by atoms with E-state index in [1.165, 1.54) is 11.2 Å². The van der Waals surface area contributed by atoms with E-state index in [0.717, 1.165) is 0 Å². The lowest BCUT2D eigenvalue weighted by Gasteiger charge is -2.24. The van der Waals surface area contributed by atoms with Crippen molar-refractivity contribution in [1.29, 1.82) is 0 Å². The predicted octanol–water partition coefficient (Wildman–Crippen LogP) is -0.101. The van der Waals surface area contributed by atoms with Crippen LogP contribution in [0.5, 0.6) is 0 Å². The van der Waals surface area contributed by atoms with Crippen molar-refractivity contribution < 1.29 is 9.90 Å². The Balaban J connectivity index is 3.07. The summed E-state index contributed by atoms with van der Waals surface area (Å²) in [5, 5.41) is 8.82. The quantitative estimate of drug-likeness (QED) is 0.662. The van der Waals surface area contributed by atoms with Crippen LogP contribution in [0.2, 0.25) is 0 Å². The first-order valence-electron chi connectivity index (χ1n) is 5.21. The Kier molecular flexibility index (Phi) is 4.08. The van der Waals surface area contributed by atoms with Gasteiger partial charge in [0.1, 0.15) is 12.2 Å². The van der Waals surface area contributed by atoms with Crippen LogP contribution in [0.15, 0.2) is 11.1 Å². The van der Waals surface area contributed by atoms with E-state index in [1.54, 1.807) is 0 Å². The molecular weight excluding hydrogens is 224 g/mol. The molecule has 1 aromatic rings. The number of anilines is 2. The van der Waals surface area contributed by atoms with Gasteiger partial charge in [0, 0.05) is 6.54 Å². The van der Waals surface area contributed by atoms with E-state index in [2.05, 4.69) is 9.97 Å². The van der Waals surface area contributed by atoms with Crippen LogP contribution in [-0.4, -0.2) is 34.1 Å². The normalized spacial score (nSPS) is 10.5. The summed E-state index contributed by atoms with van der Waals surface area (Å²) in [6.45, 7) is 4.11. The molecule has 0 amide bonds. The highest BCUT2D eigenvalue weighted by molar-refractivity contribution is 5.75. The molecule has 1 aromatic heterocycles. The maximum absolute atomic E-state index is 11.3. The van der Waals surface area contributed by atoms with Gasteiger partial charge in [-0.05, 0) is 5.92 Å². The van der Waals surface area contributed by atoms with Crippen LogP contribution in [0.3, 0.4) is 0 Å². The van der Waals surface area contributed by atoms with Crippen molar-refractivity contribution in [2.75, 3.05) is 23.7 Å². The molecule has 0 aliphatic heterocycles. The Morgan fingerprint density at radius 1 is 1.65 bits per heavy atom. The van der Waals surface area contributed by atoms with Gasteiger partial charge in [-0.3, -0.25) is 9.59 Å². The molecule has 0 aromatic carbocycles. The Hall–Kier alpha value is -2.05. The molecule has 0 saturated heterocycles. The number of nitrogens with zero attached hydrogens (tertiary/aromatic N) is 2. The number of carboxylic acid groups (broad SMARTS) is 1. The summed E-state index contributed by atoms with van der Waals surface area (Å²) in [7, 11) is 0. The highest BCUT2D eigenvalue weighted by Crippen LogP contribution is 2.16. The van der Waals surface area contributed by atoms with Crippen molar-refractivity contribution >= 4 is 17.5 Å². The van der Waals surface area contributed by atoms with Crippen LogP contribution >= 0.6 is 0 Å². The molecule has 0 radical (unpaired) electrons. The molecule has 0 fully saturated rings. The number of hydrogen-bond donors (Lipinski definition) is 3. The fraction of sp³-hybridized carbons (Fsp3) is 0.500. The molecular formula is C10H16N4O3. The zero-order valence-electron chi connectivity index (χ0n) is 9.80. The van der Waals surface area contributed by atoms with E-state index in [9.17, 15) is 9.59 Å². The Morgan fingerprint density at radius 3 is 2.82 bits per heavy atom. The monoisotopic (exact) mass is 240 g/mol. The molecule has 0 spiro atoms. The highest BCUT2D eigenvalue weighted by Gasteiger charge is 2.17. The largest absolute Gasteiger partial charge is 0.480 e. The summed E-state index contributed by atoms with van der Waals surface area (Å²) in [4.78, 5) is 29.8. The molecule has 17 heavy (non-hydrogen) atoms. The lowest BCUT2D eigenvalue weighted by atomic mass is 10.2. The maximum atomic E-state index is 11.3. The molecule has 0 aliphatic rings. The van der Waals surface area contributed by atoms with Crippen LogP contribution in [0.1, 0.15) is 13.8 Å². The zero-order chi connectivity index (χ0) is 13.0. The number of rotatable bonds is 5. The summed E-state index contributed by atoms with van der Waals surface area (Å²) in [5.41, 5.74) is 5.07. The second-order valence-electron chi connectivity index (χ2n) is 4.14. The third kappa shape index (κ3) is 3.47. The number of hydrogen-bond acceptors (Lipinski definition) is 5. The smallest absolute Gasteiger partial charge is 0.323 e. The first-order valence-corrected chi connectivity index (χ1v) is 5.21. The number of nitrogen functional groups attached to an aromatic ring is 1. The lowest BCUT2D eigenvalue weighted by Crippen LogP contribution is -2.35. The van der Waals surface area contributed by atoms with Crippen LogP contribution in [-0.2, 0) is 4.79 Å². The number of nitrogens with one attached hydrogen (secondary N) is 1. The summed E-state index contributed by atoms with van der Waals surface area (Å²) in [6.07, 6.45) is 1.21. The van der Waals surface area contributed by atoms with Gasteiger partial charge in [0.15, 0.2) is 5.82 Å². The number of H-pyrrole nitrogens is 1. The minimum absolute atomic E-state index is 0.0607. The molecule has 7 nitrogen and oxygen atoms in total. The predicted molar refractivity (Wildman–Crippen MR) is 64.0 cm³/mol. The van der Waals surface area contributed by atoms with Gasteiger partial charge < -0.3 is 20.7 Å². The molecule has 4 N–H and O–H groups in total. The number of aliphatic carboxylic acids is 1. The van der Waals surface area contributed by atoms with Crippen LogP contribution in [0.25, 0.3) is 0 Å². The summed E-state index contributed by atoms with van der Waals surface area (Å²) in [6, 6.07) is 0. The van der Waals surface area contributed by atoms with E-state index < -0.39 is 11.5 Å². The van der Waals surface area contributed by atoms with Crippen molar-refractivity contribution in [1.82, 2.24) is 9.97 Å². The van der Waals surface area contributed by atoms with Gasteiger partial charge in [-0.1, -0.05) is 13.8 Å². The molecule has 0 saturated carbocycles. The van der Waals surface area contributed by atoms with E-state index >= 15 is 0 Å². The van der Waals surface area contributed by atoms with Crippen molar-refractivity contribution in [3.63, 3.8) is 0 Å². The topological polar surface area (TPSA) is 112 Å². The van der Waals surface area contributed by atoms with Crippen LogP contribution in [0, 0.1) is 5.92 Å². The van der Waals surface area contributed by atoms with Gasteiger partial charge in [-0.2, -0.15) is 0 Å². The minimum Gasteiger partial charge on any atom is -0.480 e. The summed E-state index contributed by atoms with van der Waals surface area (Å²) >= 11 is 0. The van der Waals surface area contributed by atoms with Gasteiger partial charge >= 0.3 is 5.97 Å². The maximum Gasteiger partial charge on any atom is 0.323 e. The fourth-order valence-electron chi connectivity index (χ4n) is 1.48. The van der Waals surface area contributed by atoms with Gasteiger partial charge in [0.05, 0.1) is 6.33 Å². The first-order chi connectivity index (χ1) is 7.91. The number of carboxylic acids is 1. The van der Waals surface area contributed by atoms with Crippen molar-refractivity contribution in [2.45, 2.75) is 13.8 Å². The average Bonchev–Trinajstić information content (AvgIpc) is 2.19. The molecule has 0 unspecified atom stereocenters. The molecule has 0 aliphatic carbocycles. The molecule has 0 bridgehead atoms. The third-order valence-corrected chi connectivity index (χ3v) is 2.08. The molecule has 7 heteroatoms. The van der Waals surface area contributed by atoms with Gasteiger partial charge in [0.25, 0.3) is 5.56 Å². The van der Waals surface area contributed by atoms with Gasteiger partial charge in [-0.15, -0.1) is 0 Å². The summed E-state index contributed by atoms with van der Waals surface area (Å²) in [5.74, 6) is -0.549. The Morgan fingerprint density at radius 2 is 2.29 bits per heavy atom. The van der Waals surface area contributed by atoms with Gasteiger partial charge in [0.2, 0.25) is 0 Å².